The zero-order chi connectivity index (χ0) is 18.8. The van der Waals surface area contributed by atoms with Crippen molar-refractivity contribution in [3.63, 3.8) is 0 Å². The molecule has 0 aliphatic carbocycles. The number of hydrogen-bond donors (Lipinski definition) is 1. The lowest BCUT2D eigenvalue weighted by molar-refractivity contribution is 0.567. The molecule has 25 heavy (non-hydrogen) atoms. The number of sulfonamides is 1. The summed E-state index contributed by atoms with van der Waals surface area (Å²) in [6, 6.07) is 10.1. The maximum atomic E-state index is 12.6. The zero-order valence-corrected chi connectivity index (χ0v) is 17.3. The highest BCUT2D eigenvalue weighted by atomic mass is 35.5. The third-order valence-corrected chi connectivity index (χ3v) is 6.94. The van der Waals surface area contributed by atoms with Crippen molar-refractivity contribution in [2.24, 2.45) is 0 Å². The van der Waals surface area contributed by atoms with Crippen LogP contribution in [0.2, 0.25) is 15.1 Å². The molecule has 0 aliphatic heterocycles. The van der Waals surface area contributed by atoms with E-state index in [9.17, 15) is 8.42 Å². The Morgan fingerprint density at radius 3 is 2.00 bits per heavy atom. The van der Waals surface area contributed by atoms with E-state index in [0.29, 0.717) is 5.92 Å². The molecule has 0 spiro atoms. The molecule has 2 unspecified atom stereocenters. The number of rotatable bonds is 6. The molecule has 0 bridgehead atoms. The van der Waals surface area contributed by atoms with Gasteiger partial charge in [-0.3, -0.25) is 0 Å². The largest absolute Gasteiger partial charge is 0.242 e. The highest BCUT2D eigenvalue weighted by molar-refractivity contribution is 7.89. The summed E-state index contributed by atoms with van der Waals surface area (Å²) in [6.07, 6.45) is 1.05. The smallest absolute Gasteiger partial charge is 0.207 e. The third kappa shape index (κ3) is 4.89. The van der Waals surface area contributed by atoms with Crippen molar-refractivity contribution >= 4 is 44.8 Å². The fraction of sp³-hybridized carbons (Fsp3) is 0.333. The number of benzene rings is 2. The minimum atomic E-state index is -3.83. The van der Waals surface area contributed by atoms with Crippen LogP contribution in [-0.4, -0.2) is 8.42 Å². The molecule has 2 rings (SSSR count). The summed E-state index contributed by atoms with van der Waals surface area (Å²) in [7, 11) is -3.83. The second-order valence-electron chi connectivity index (χ2n) is 6.02. The standard InChI is InChI=1S/C18H20Cl3NO2S/c1-4-11(2)13-5-7-14(8-6-13)12(3)22-25(23,24)18-10-16(20)15(19)9-17(18)21/h5-12,22H,4H2,1-3H3. The van der Waals surface area contributed by atoms with Crippen molar-refractivity contribution in [1.29, 1.82) is 0 Å². The van der Waals surface area contributed by atoms with Crippen LogP contribution in [0.5, 0.6) is 0 Å². The SMILES string of the molecule is CCC(C)c1ccc(C(C)NS(=O)(=O)c2cc(Cl)c(Cl)cc2Cl)cc1. The van der Waals surface area contributed by atoms with E-state index in [2.05, 4.69) is 18.6 Å². The van der Waals surface area contributed by atoms with Gasteiger partial charge in [-0.1, -0.05) is 72.9 Å². The Balaban J connectivity index is 2.24. The summed E-state index contributed by atoms with van der Waals surface area (Å²) >= 11 is 17.8. The Kier molecular flexibility index (Phi) is 6.80. The predicted octanol–water partition coefficient (Wildman–Crippen LogP) is 6.20. The molecule has 3 nitrogen and oxygen atoms in total. The van der Waals surface area contributed by atoms with Crippen molar-refractivity contribution in [2.75, 3.05) is 0 Å². The summed E-state index contributed by atoms with van der Waals surface area (Å²) in [5.74, 6) is 0.469. The van der Waals surface area contributed by atoms with Gasteiger partial charge >= 0.3 is 0 Å². The minimum Gasteiger partial charge on any atom is -0.207 e. The van der Waals surface area contributed by atoms with Crippen molar-refractivity contribution in [2.45, 2.75) is 44.0 Å². The normalized spacial score (nSPS) is 14.3. The highest BCUT2D eigenvalue weighted by Crippen LogP contribution is 2.32. The van der Waals surface area contributed by atoms with Crippen molar-refractivity contribution in [3.8, 4) is 0 Å². The minimum absolute atomic E-state index is 0.0289. The van der Waals surface area contributed by atoms with Crippen molar-refractivity contribution in [1.82, 2.24) is 4.72 Å². The molecule has 2 atom stereocenters. The average molecular weight is 421 g/mol. The second kappa shape index (κ2) is 8.28. The Bertz CT molecular complexity index is 851. The van der Waals surface area contributed by atoms with Gasteiger partial charge in [0.15, 0.2) is 0 Å². The van der Waals surface area contributed by atoms with Gasteiger partial charge in [0.1, 0.15) is 4.90 Å². The average Bonchev–Trinajstić information content (AvgIpc) is 2.57. The van der Waals surface area contributed by atoms with Gasteiger partial charge in [0.2, 0.25) is 10.0 Å². The molecule has 0 saturated carbocycles. The van der Waals surface area contributed by atoms with E-state index in [0.717, 1.165) is 12.0 Å². The van der Waals surface area contributed by atoms with Crippen molar-refractivity contribution < 1.29 is 8.42 Å². The summed E-state index contributed by atoms with van der Waals surface area (Å²) < 4.78 is 27.9. The van der Waals surface area contributed by atoms with Crippen LogP contribution in [0.1, 0.15) is 50.3 Å². The van der Waals surface area contributed by atoms with E-state index in [1.807, 2.05) is 24.3 Å². The van der Waals surface area contributed by atoms with E-state index in [1.54, 1.807) is 6.92 Å². The Morgan fingerprint density at radius 2 is 1.44 bits per heavy atom. The van der Waals surface area contributed by atoms with Gasteiger partial charge in [0, 0.05) is 6.04 Å². The van der Waals surface area contributed by atoms with Gasteiger partial charge in [0.05, 0.1) is 15.1 Å². The quantitative estimate of drug-likeness (QED) is 0.565. The number of halogens is 3. The molecule has 1 N–H and O–H groups in total. The molecule has 0 saturated heterocycles. The van der Waals surface area contributed by atoms with Gasteiger partial charge < -0.3 is 0 Å². The van der Waals surface area contributed by atoms with Crippen LogP contribution in [0, 0.1) is 0 Å². The molecule has 0 radical (unpaired) electrons. The van der Waals surface area contributed by atoms with Crippen LogP contribution in [0.15, 0.2) is 41.3 Å². The molecule has 7 heteroatoms. The van der Waals surface area contributed by atoms with E-state index >= 15 is 0 Å². The van der Waals surface area contributed by atoms with E-state index in [4.69, 9.17) is 34.8 Å². The van der Waals surface area contributed by atoms with Crippen LogP contribution in [0.3, 0.4) is 0 Å². The highest BCUT2D eigenvalue weighted by Gasteiger charge is 2.22. The molecule has 2 aromatic rings. The molecule has 0 fully saturated rings. The van der Waals surface area contributed by atoms with E-state index < -0.39 is 16.1 Å². The lowest BCUT2D eigenvalue weighted by atomic mass is 9.96. The Hall–Kier alpha value is -0.780. The zero-order valence-electron chi connectivity index (χ0n) is 14.2. The van der Waals surface area contributed by atoms with Gasteiger partial charge in [0.25, 0.3) is 0 Å². The molecular formula is C18H20Cl3NO2S. The van der Waals surface area contributed by atoms with Crippen LogP contribution in [-0.2, 0) is 10.0 Å². The lowest BCUT2D eigenvalue weighted by Crippen LogP contribution is -2.27. The maximum Gasteiger partial charge on any atom is 0.242 e. The van der Waals surface area contributed by atoms with Crippen LogP contribution >= 0.6 is 34.8 Å². The first-order valence-electron chi connectivity index (χ1n) is 7.92. The topological polar surface area (TPSA) is 46.2 Å². The van der Waals surface area contributed by atoms with Crippen LogP contribution in [0.25, 0.3) is 0 Å². The summed E-state index contributed by atoms with van der Waals surface area (Å²) in [6.45, 7) is 6.07. The molecule has 0 aromatic heterocycles. The molecule has 136 valence electrons. The first-order valence-corrected chi connectivity index (χ1v) is 10.5. The molecular weight excluding hydrogens is 401 g/mol. The second-order valence-corrected chi connectivity index (χ2v) is 8.92. The van der Waals surface area contributed by atoms with Crippen molar-refractivity contribution in [3.05, 3.63) is 62.6 Å². The molecule has 0 amide bonds. The van der Waals surface area contributed by atoms with Gasteiger partial charge in [-0.25, -0.2) is 13.1 Å². The Morgan fingerprint density at radius 1 is 0.920 bits per heavy atom. The number of hydrogen-bond acceptors (Lipinski definition) is 2. The summed E-state index contributed by atoms with van der Waals surface area (Å²) in [4.78, 5) is -0.0911. The Labute approximate surface area is 164 Å². The van der Waals surface area contributed by atoms with Gasteiger partial charge in [-0.2, -0.15) is 0 Å². The number of nitrogens with one attached hydrogen (secondary N) is 1. The lowest BCUT2D eigenvalue weighted by Gasteiger charge is -2.17. The van der Waals surface area contributed by atoms with Crippen LogP contribution in [0.4, 0.5) is 0 Å². The fourth-order valence-electron chi connectivity index (χ4n) is 2.42. The monoisotopic (exact) mass is 419 g/mol. The first kappa shape index (κ1) is 20.5. The summed E-state index contributed by atoms with van der Waals surface area (Å²) in [5.41, 5.74) is 2.10. The molecule has 0 heterocycles. The molecule has 2 aromatic carbocycles. The van der Waals surface area contributed by atoms with Gasteiger partial charge in [-0.05, 0) is 42.5 Å². The van der Waals surface area contributed by atoms with Crippen LogP contribution < -0.4 is 4.72 Å². The maximum absolute atomic E-state index is 12.6. The third-order valence-electron chi connectivity index (χ3n) is 4.21. The van der Waals surface area contributed by atoms with Gasteiger partial charge in [-0.15, -0.1) is 0 Å². The van der Waals surface area contributed by atoms with E-state index in [-0.39, 0.29) is 20.0 Å². The first-order chi connectivity index (χ1) is 11.7. The molecule has 0 aliphatic rings. The summed E-state index contributed by atoms with van der Waals surface area (Å²) in [5, 5.41) is 0.373. The van der Waals surface area contributed by atoms with E-state index in [1.165, 1.54) is 17.7 Å². The predicted molar refractivity (Wildman–Crippen MR) is 105 cm³/mol. The fourth-order valence-corrected chi connectivity index (χ4v) is 4.66.